The van der Waals surface area contributed by atoms with Crippen LogP contribution in [0.25, 0.3) is 0 Å². The summed E-state index contributed by atoms with van der Waals surface area (Å²) in [7, 11) is 0. The fourth-order valence-electron chi connectivity index (χ4n) is 2.86. The highest BCUT2D eigenvalue weighted by Crippen LogP contribution is 2.19. The minimum Gasteiger partial charge on any atom is -0.354 e. The first-order valence-electron chi connectivity index (χ1n) is 9.94. The number of carbonyl (C=O) groups excluding carboxylic acids is 2. The zero-order valence-corrected chi connectivity index (χ0v) is 19.1. The van der Waals surface area contributed by atoms with Crippen LogP contribution in [0.5, 0.6) is 0 Å². The van der Waals surface area contributed by atoms with Gasteiger partial charge in [0.1, 0.15) is 6.04 Å². The number of benzene rings is 2. The Morgan fingerprint density at radius 2 is 1.90 bits per heavy atom. The standard InChI is InChI=1S/C22H26ClN3O4S/c1-3-11-24-22(28)16(2)25(13-18-5-4-6-19(23)12-18)21(27)15-31-14-17-7-9-20(10-8-17)26(29)30/h4-10,12,16H,3,11,13-15H2,1-2H3,(H,24,28)/t16-/m0/s1. The largest absolute Gasteiger partial charge is 0.354 e. The first kappa shape index (κ1) is 24.7. The van der Waals surface area contributed by atoms with Gasteiger partial charge in [0.2, 0.25) is 11.8 Å². The fourth-order valence-corrected chi connectivity index (χ4v) is 3.95. The van der Waals surface area contributed by atoms with Crippen LogP contribution in [0.2, 0.25) is 5.02 Å². The van der Waals surface area contributed by atoms with Gasteiger partial charge in [0.15, 0.2) is 0 Å². The highest BCUT2D eigenvalue weighted by atomic mass is 35.5. The Hall–Kier alpha value is -2.58. The molecule has 2 aromatic carbocycles. The molecule has 2 aromatic rings. The molecule has 1 atom stereocenters. The summed E-state index contributed by atoms with van der Waals surface area (Å²) >= 11 is 7.47. The van der Waals surface area contributed by atoms with Crippen molar-refractivity contribution in [2.24, 2.45) is 0 Å². The molecule has 0 aliphatic heterocycles. The molecule has 0 aromatic heterocycles. The number of halogens is 1. The van der Waals surface area contributed by atoms with Gasteiger partial charge in [-0.15, -0.1) is 11.8 Å². The van der Waals surface area contributed by atoms with Crippen LogP contribution in [0.15, 0.2) is 48.5 Å². The summed E-state index contributed by atoms with van der Waals surface area (Å²) in [4.78, 5) is 37.3. The molecule has 7 nitrogen and oxygen atoms in total. The lowest BCUT2D eigenvalue weighted by Gasteiger charge is -2.28. The second-order valence-corrected chi connectivity index (χ2v) is 8.46. The summed E-state index contributed by atoms with van der Waals surface area (Å²) in [6.45, 7) is 4.51. The molecule has 2 rings (SSSR count). The van der Waals surface area contributed by atoms with Crippen molar-refractivity contribution >= 4 is 40.9 Å². The number of hydrogen-bond donors (Lipinski definition) is 1. The summed E-state index contributed by atoms with van der Waals surface area (Å²) < 4.78 is 0. The van der Waals surface area contributed by atoms with Crippen LogP contribution in [-0.2, 0) is 21.9 Å². The monoisotopic (exact) mass is 463 g/mol. The van der Waals surface area contributed by atoms with Crippen LogP contribution >= 0.6 is 23.4 Å². The van der Waals surface area contributed by atoms with E-state index in [-0.39, 0.29) is 29.8 Å². The number of nitro groups is 1. The topological polar surface area (TPSA) is 92.6 Å². The molecule has 9 heteroatoms. The molecule has 0 heterocycles. The van der Waals surface area contributed by atoms with E-state index in [4.69, 9.17) is 11.6 Å². The molecule has 31 heavy (non-hydrogen) atoms. The van der Waals surface area contributed by atoms with E-state index in [1.54, 1.807) is 36.1 Å². The van der Waals surface area contributed by atoms with Gasteiger partial charge in [-0.2, -0.15) is 0 Å². The van der Waals surface area contributed by atoms with Crippen LogP contribution < -0.4 is 5.32 Å². The van der Waals surface area contributed by atoms with Gasteiger partial charge in [-0.1, -0.05) is 42.8 Å². The maximum Gasteiger partial charge on any atom is 0.269 e. The van der Waals surface area contributed by atoms with Crippen molar-refractivity contribution in [1.29, 1.82) is 0 Å². The van der Waals surface area contributed by atoms with E-state index in [0.29, 0.717) is 17.3 Å². The minimum absolute atomic E-state index is 0.0319. The lowest BCUT2D eigenvalue weighted by molar-refractivity contribution is -0.384. The first-order valence-corrected chi connectivity index (χ1v) is 11.5. The normalized spacial score (nSPS) is 11.6. The first-order chi connectivity index (χ1) is 14.8. The predicted octanol–water partition coefficient (Wildman–Crippen LogP) is 4.42. The van der Waals surface area contributed by atoms with Crippen LogP contribution in [0.1, 0.15) is 31.4 Å². The number of nitro benzene ring substituents is 1. The molecular weight excluding hydrogens is 438 g/mol. The number of amides is 2. The van der Waals surface area contributed by atoms with Gasteiger partial charge in [0.25, 0.3) is 5.69 Å². The van der Waals surface area contributed by atoms with Gasteiger partial charge in [0.05, 0.1) is 10.7 Å². The molecule has 0 unspecified atom stereocenters. The van der Waals surface area contributed by atoms with Crippen LogP contribution in [0.4, 0.5) is 5.69 Å². The maximum absolute atomic E-state index is 13.0. The lowest BCUT2D eigenvalue weighted by atomic mass is 10.1. The van der Waals surface area contributed by atoms with Gasteiger partial charge < -0.3 is 10.2 Å². The molecule has 0 radical (unpaired) electrons. The molecule has 166 valence electrons. The van der Waals surface area contributed by atoms with E-state index in [0.717, 1.165) is 17.5 Å². The van der Waals surface area contributed by atoms with Crippen molar-refractivity contribution in [3.8, 4) is 0 Å². The summed E-state index contributed by atoms with van der Waals surface area (Å²) in [5.41, 5.74) is 1.76. The molecule has 0 aliphatic rings. The Labute approximate surface area is 191 Å². The maximum atomic E-state index is 13.0. The number of rotatable bonds is 11. The van der Waals surface area contributed by atoms with Crippen molar-refractivity contribution in [2.45, 2.75) is 38.6 Å². The van der Waals surface area contributed by atoms with Gasteiger partial charge >= 0.3 is 0 Å². The Kier molecular flexibility index (Phi) is 9.81. The van der Waals surface area contributed by atoms with E-state index in [1.165, 1.54) is 23.9 Å². The summed E-state index contributed by atoms with van der Waals surface area (Å²) in [6, 6.07) is 12.8. The number of nitrogens with one attached hydrogen (secondary N) is 1. The Bertz CT molecular complexity index is 908. The van der Waals surface area contributed by atoms with E-state index in [9.17, 15) is 19.7 Å². The van der Waals surface area contributed by atoms with E-state index < -0.39 is 11.0 Å². The van der Waals surface area contributed by atoms with Gasteiger partial charge in [-0.05, 0) is 36.6 Å². The molecule has 0 fully saturated rings. The Morgan fingerprint density at radius 3 is 2.52 bits per heavy atom. The highest BCUT2D eigenvalue weighted by molar-refractivity contribution is 7.99. The van der Waals surface area contributed by atoms with E-state index in [2.05, 4.69) is 5.32 Å². The Morgan fingerprint density at radius 1 is 1.19 bits per heavy atom. The third-order valence-electron chi connectivity index (χ3n) is 4.60. The second kappa shape index (κ2) is 12.3. The average Bonchev–Trinajstić information content (AvgIpc) is 2.75. The van der Waals surface area contributed by atoms with E-state index in [1.807, 2.05) is 19.1 Å². The highest BCUT2D eigenvalue weighted by Gasteiger charge is 2.25. The number of thioether (sulfide) groups is 1. The second-order valence-electron chi connectivity index (χ2n) is 7.03. The SMILES string of the molecule is CCCNC(=O)[C@H](C)N(Cc1cccc(Cl)c1)C(=O)CSCc1ccc([N+](=O)[O-])cc1. The van der Waals surface area contributed by atoms with Gasteiger partial charge in [-0.3, -0.25) is 19.7 Å². The number of nitrogens with zero attached hydrogens (tertiary/aromatic N) is 2. The quantitative estimate of drug-likeness (QED) is 0.393. The molecule has 0 bridgehead atoms. The minimum atomic E-state index is -0.627. The summed E-state index contributed by atoms with van der Waals surface area (Å²) in [5, 5.41) is 14.2. The molecule has 0 spiro atoms. The van der Waals surface area contributed by atoms with Crippen LogP contribution in [-0.4, -0.2) is 40.0 Å². The molecule has 0 aliphatic carbocycles. The lowest BCUT2D eigenvalue weighted by Crippen LogP contribution is -2.48. The third kappa shape index (κ3) is 7.88. The average molecular weight is 464 g/mol. The smallest absolute Gasteiger partial charge is 0.269 e. The zero-order chi connectivity index (χ0) is 22.8. The predicted molar refractivity (Wildman–Crippen MR) is 124 cm³/mol. The summed E-state index contributed by atoms with van der Waals surface area (Å²) in [6.07, 6.45) is 0.811. The van der Waals surface area contributed by atoms with E-state index >= 15 is 0 Å². The molecule has 1 N–H and O–H groups in total. The van der Waals surface area contributed by atoms with Crippen molar-refractivity contribution in [1.82, 2.24) is 10.2 Å². The zero-order valence-electron chi connectivity index (χ0n) is 17.5. The van der Waals surface area contributed by atoms with Crippen molar-refractivity contribution in [3.63, 3.8) is 0 Å². The van der Waals surface area contributed by atoms with Gasteiger partial charge in [-0.25, -0.2) is 0 Å². The molecule has 0 saturated heterocycles. The van der Waals surface area contributed by atoms with Crippen LogP contribution in [0.3, 0.4) is 0 Å². The fraction of sp³-hybridized carbons (Fsp3) is 0.364. The van der Waals surface area contributed by atoms with Crippen molar-refractivity contribution < 1.29 is 14.5 Å². The van der Waals surface area contributed by atoms with Crippen molar-refractivity contribution in [3.05, 3.63) is 74.8 Å². The molecule has 0 saturated carbocycles. The van der Waals surface area contributed by atoms with Crippen molar-refractivity contribution in [2.75, 3.05) is 12.3 Å². The Balaban J connectivity index is 2.03. The number of carbonyl (C=O) groups is 2. The summed E-state index contributed by atoms with van der Waals surface area (Å²) in [5.74, 6) is 0.359. The third-order valence-corrected chi connectivity index (χ3v) is 5.82. The molecular formula is C22H26ClN3O4S. The molecule has 2 amide bonds. The van der Waals surface area contributed by atoms with Gasteiger partial charge in [0, 0.05) is 36.0 Å². The number of non-ortho nitro benzene ring substituents is 1. The van der Waals surface area contributed by atoms with Crippen LogP contribution in [0, 0.1) is 10.1 Å². The number of hydrogen-bond acceptors (Lipinski definition) is 5.